The van der Waals surface area contributed by atoms with Crippen LogP contribution in [0.4, 0.5) is 0 Å². The van der Waals surface area contributed by atoms with Crippen LogP contribution in [0.2, 0.25) is 0 Å². The molecule has 0 spiro atoms. The van der Waals surface area contributed by atoms with Crippen molar-refractivity contribution in [2.24, 2.45) is 0 Å². The number of rotatable bonds is 6. The summed E-state index contributed by atoms with van der Waals surface area (Å²) in [5.41, 5.74) is 0.909. The number of ether oxygens (including phenoxy) is 2. The Kier molecular flexibility index (Phi) is 6.03. The van der Waals surface area contributed by atoms with E-state index in [1.54, 1.807) is 18.2 Å². The summed E-state index contributed by atoms with van der Waals surface area (Å²) in [6.07, 6.45) is 3.11. The standard InChI is InChI=1S/C17H15BrO3/c18-12-13-20-15-9-6-14(7-10-15)8-11-17(19)21-16-4-2-1-3-5-16/h1-11H,12-13H2. The second kappa shape index (κ2) is 8.27. The molecule has 0 fully saturated rings. The molecule has 108 valence electrons. The van der Waals surface area contributed by atoms with E-state index in [9.17, 15) is 4.79 Å². The van der Waals surface area contributed by atoms with Gasteiger partial charge in [0.25, 0.3) is 0 Å². The van der Waals surface area contributed by atoms with Crippen molar-refractivity contribution in [3.63, 3.8) is 0 Å². The highest BCUT2D eigenvalue weighted by molar-refractivity contribution is 9.09. The minimum Gasteiger partial charge on any atom is -0.493 e. The number of benzene rings is 2. The summed E-state index contributed by atoms with van der Waals surface area (Å²) in [5, 5.41) is 0.792. The van der Waals surface area contributed by atoms with E-state index < -0.39 is 5.97 Å². The summed E-state index contributed by atoms with van der Waals surface area (Å²) < 4.78 is 10.6. The van der Waals surface area contributed by atoms with Gasteiger partial charge < -0.3 is 9.47 Å². The topological polar surface area (TPSA) is 35.5 Å². The van der Waals surface area contributed by atoms with E-state index in [1.807, 2.05) is 42.5 Å². The molecule has 0 aliphatic carbocycles. The Hall–Kier alpha value is -2.07. The van der Waals surface area contributed by atoms with Crippen LogP contribution >= 0.6 is 15.9 Å². The minimum atomic E-state index is -0.402. The zero-order chi connectivity index (χ0) is 14.9. The van der Waals surface area contributed by atoms with Gasteiger partial charge in [-0.3, -0.25) is 0 Å². The Morgan fingerprint density at radius 1 is 1.00 bits per heavy atom. The normalized spacial score (nSPS) is 10.5. The van der Waals surface area contributed by atoms with Crippen molar-refractivity contribution in [3.05, 3.63) is 66.2 Å². The first-order valence-electron chi connectivity index (χ1n) is 6.52. The lowest BCUT2D eigenvalue weighted by molar-refractivity contribution is -0.128. The van der Waals surface area contributed by atoms with Gasteiger partial charge >= 0.3 is 5.97 Å². The van der Waals surface area contributed by atoms with Crippen LogP contribution in [0, 0.1) is 0 Å². The van der Waals surface area contributed by atoms with Crippen LogP contribution in [-0.4, -0.2) is 17.9 Å². The first-order chi connectivity index (χ1) is 10.3. The fourth-order valence-corrected chi connectivity index (χ4v) is 1.80. The lowest BCUT2D eigenvalue weighted by Gasteiger charge is -2.03. The maximum atomic E-state index is 11.7. The van der Waals surface area contributed by atoms with Gasteiger partial charge in [-0.25, -0.2) is 4.79 Å². The zero-order valence-electron chi connectivity index (χ0n) is 11.4. The van der Waals surface area contributed by atoms with Gasteiger partial charge in [-0.05, 0) is 35.9 Å². The van der Waals surface area contributed by atoms with Crippen molar-refractivity contribution < 1.29 is 14.3 Å². The first kappa shape index (κ1) is 15.3. The number of para-hydroxylation sites is 1. The van der Waals surface area contributed by atoms with Gasteiger partial charge in [0.05, 0.1) is 6.61 Å². The Morgan fingerprint density at radius 2 is 1.71 bits per heavy atom. The number of carbonyl (C=O) groups is 1. The minimum absolute atomic E-state index is 0.402. The molecule has 0 saturated carbocycles. The molecule has 0 aliphatic rings. The molecule has 2 aromatic carbocycles. The number of hydrogen-bond acceptors (Lipinski definition) is 3. The smallest absolute Gasteiger partial charge is 0.336 e. The number of alkyl halides is 1. The van der Waals surface area contributed by atoms with Crippen LogP contribution in [0.15, 0.2) is 60.7 Å². The van der Waals surface area contributed by atoms with E-state index in [0.717, 1.165) is 16.6 Å². The molecule has 0 bridgehead atoms. The summed E-state index contributed by atoms with van der Waals surface area (Å²) in [6.45, 7) is 0.624. The van der Waals surface area contributed by atoms with Crippen LogP contribution in [0.25, 0.3) is 6.08 Å². The molecule has 21 heavy (non-hydrogen) atoms. The van der Waals surface area contributed by atoms with Crippen LogP contribution in [-0.2, 0) is 4.79 Å². The third-order valence-corrected chi connectivity index (χ3v) is 2.92. The summed E-state index contributed by atoms with van der Waals surface area (Å²) >= 11 is 3.30. The lowest BCUT2D eigenvalue weighted by atomic mass is 10.2. The summed E-state index contributed by atoms with van der Waals surface area (Å²) in [4.78, 5) is 11.7. The van der Waals surface area contributed by atoms with Gasteiger partial charge in [-0.1, -0.05) is 46.3 Å². The molecule has 0 aliphatic heterocycles. The van der Waals surface area contributed by atoms with Gasteiger partial charge in [0.2, 0.25) is 0 Å². The highest BCUT2D eigenvalue weighted by Gasteiger charge is 1.99. The SMILES string of the molecule is O=C(C=Cc1ccc(OCCBr)cc1)Oc1ccccc1. The number of carbonyl (C=O) groups excluding carboxylic acids is 1. The summed E-state index contributed by atoms with van der Waals surface area (Å²) in [6, 6.07) is 16.5. The highest BCUT2D eigenvalue weighted by Crippen LogP contribution is 2.14. The van der Waals surface area contributed by atoms with Gasteiger partial charge in [0.15, 0.2) is 0 Å². The van der Waals surface area contributed by atoms with Crippen LogP contribution < -0.4 is 9.47 Å². The van der Waals surface area contributed by atoms with Gasteiger partial charge in [-0.15, -0.1) is 0 Å². The first-order valence-corrected chi connectivity index (χ1v) is 7.64. The second-order valence-corrected chi connectivity index (χ2v) is 4.97. The largest absolute Gasteiger partial charge is 0.493 e. The van der Waals surface area contributed by atoms with Gasteiger partial charge in [0.1, 0.15) is 11.5 Å². The van der Waals surface area contributed by atoms with Crippen molar-refractivity contribution in [2.75, 3.05) is 11.9 Å². The molecule has 0 amide bonds. The molecule has 0 saturated heterocycles. The quantitative estimate of drug-likeness (QED) is 0.342. The third kappa shape index (κ3) is 5.44. The monoisotopic (exact) mass is 346 g/mol. The van der Waals surface area contributed by atoms with E-state index in [4.69, 9.17) is 9.47 Å². The number of hydrogen-bond donors (Lipinski definition) is 0. The maximum Gasteiger partial charge on any atom is 0.336 e. The Morgan fingerprint density at radius 3 is 2.38 bits per heavy atom. The average Bonchev–Trinajstić information content (AvgIpc) is 2.53. The molecule has 2 rings (SSSR count). The number of halogens is 1. The molecule has 0 aromatic heterocycles. The van der Waals surface area contributed by atoms with Crippen molar-refractivity contribution in [1.29, 1.82) is 0 Å². The maximum absolute atomic E-state index is 11.7. The molecule has 0 unspecified atom stereocenters. The number of esters is 1. The van der Waals surface area contributed by atoms with Crippen molar-refractivity contribution in [3.8, 4) is 11.5 Å². The van der Waals surface area contributed by atoms with Gasteiger partial charge in [-0.2, -0.15) is 0 Å². The van der Waals surface area contributed by atoms with Crippen LogP contribution in [0.1, 0.15) is 5.56 Å². The molecule has 0 heterocycles. The van der Waals surface area contributed by atoms with E-state index in [2.05, 4.69) is 15.9 Å². The summed E-state index contributed by atoms with van der Waals surface area (Å²) in [5.74, 6) is 0.935. The molecule has 0 N–H and O–H groups in total. The lowest BCUT2D eigenvalue weighted by Crippen LogP contribution is -2.03. The Balaban J connectivity index is 1.89. The molecule has 0 atom stereocenters. The predicted octanol–water partition coefficient (Wildman–Crippen LogP) is 4.08. The molecule has 2 aromatic rings. The van der Waals surface area contributed by atoms with Crippen molar-refractivity contribution in [2.45, 2.75) is 0 Å². The van der Waals surface area contributed by atoms with E-state index in [1.165, 1.54) is 6.08 Å². The van der Waals surface area contributed by atoms with Gasteiger partial charge in [0, 0.05) is 11.4 Å². The Bertz CT molecular complexity index is 591. The fourth-order valence-electron chi connectivity index (χ4n) is 1.63. The highest BCUT2D eigenvalue weighted by atomic mass is 79.9. The average molecular weight is 347 g/mol. The Labute approximate surface area is 132 Å². The van der Waals surface area contributed by atoms with Crippen LogP contribution in [0.5, 0.6) is 11.5 Å². The molecule has 4 heteroatoms. The molecule has 3 nitrogen and oxygen atoms in total. The van der Waals surface area contributed by atoms with Crippen LogP contribution in [0.3, 0.4) is 0 Å². The third-order valence-electron chi connectivity index (χ3n) is 2.60. The van der Waals surface area contributed by atoms with Crippen molar-refractivity contribution in [1.82, 2.24) is 0 Å². The molecule has 0 radical (unpaired) electrons. The zero-order valence-corrected chi connectivity index (χ0v) is 13.0. The molecular weight excluding hydrogens is 332 g/mol. The van der Waals surface area contributed by atoms with E-state index in [0.29, 0.717) is 12.4 Å². The van der Waals surface area contributed by atoms with E-state index >= 15 is 0 Å². The molecular formula is C17H15BrO3. The van der Waals surface area contributed by atoms with E-state index in [-0.39, 0.29) is 0 Å². The second-order valence-electron chi connectivity index (χ2n) is 4.17. The predicted molar refractivity (Wildman–Crippen MR) is 86.8 cm³/mol. The summed E-state index contributed by atoms with van der Waals surface area (Å²) in [7, 11) is 0. The van der Waals surface area contributed by atoms with Crippen molar-refractivity contribution >= 4 is 28.0 Å². The fraction of sp³-hybridized carbons (Fsp3) is 0.118.